The number of thioether (sulfide) groups is 1. The summed E-state index contributed by atoms with van der Waals surface area (Å²) in [6.45, 7) is 2.95. The number of halogens is 1. The highest BCUT2D eigenvalue weighted by Gasteiger charge is 2.34. The first-order valence-corrected chi connectivity index (χ1v) is 12.4. The molecule has 0 aliphatic carbocycles. The van der Waals surface area contributed by atoms with Crippen LogP contribution in [0.25, 0.3) is 6.08 Å². The number of amides is 2. The van der Waals surface area contributed by atoms with Crippen molar-refractivity contribution in [2.24, 2.45) is 0 Å². The van der Waals surface area contributed by atoms with E-state index < -0.39 is 0 Å². The summed E-state index contributed by atoms with van der Waals surface area (Å²) in [5.41, 5.74) is 4.34. The van der Waals surface area contributed by atoms with Gasteiger partial charge >= 0.3 is 0 Å². The van der Waals surface area contributed by atoms with Gasteiger partial charge in [0.2, 0.25) is 0 Å². The van der Waals surface area contributed by atoms with Gasteiger partial charge in [-0.2, -0.15) is 0 Å². The van der Waals surface area contributed by atoms with Crippen molar-refractivity contribution in [3.63, 3.8) is 0 Å². The van der Waals surface area contributed by atoms with Crippen LogP contribution in [-0.2, 0) is 17.8 Å². The van der Waals surface area contributed by atoms with Crippen molar-refractivity contribution in [2.45, 2.75) is 26.4 Å². The Hall–Kier alpha value is -2.83. The third-order valence-corrected chi connectivity index (χ3v) is 6.86. The molecule has 0 atom stereocenters. The van der Waals surface area contributed by atoms with Crippen LogP contribution >= 0.6 is 27.7 Å². The zero-order chi connectivity index (χ0) is 23.2. The Morgan fingerprint density at radius 1 is 0.970 bits per heavy atom. The molecule has 168 valence electrons. The van der Waals surface area contributed by atoms with Crippen LogP contribution in [-0.4, -0.2) is 22.6 Å². The molecular weight excluding hydrogens is 498 g/mol. The predicted octanol–water partition coefficient (Wildman–Crippen LogP) is 7.01. The summed E-state index contributed by atoms with van der Waals surface area (Å²) in [6.07, 6.45) is 3.34. The first-order chi connectivity index (χ1) is 16.0. The number of nitrogens with zero attached hydrogens (tertiary/aromatic N) is 1. The molecule has 1 fully saturated rings. The van der Waals surface area contributed by atoms with Crippen LogP contribution < -0.4 is 4.74 Å². The third kappa shape index (κ3) is 6.15. The standard InChI is InChI=1S/C27H24BrNO3S/c1-19-9-11-21(12-10-19)18-32-24-14-13-22(16-23(24)28)17-25-26(30)29(27(31)33-25)15-5-8-20-6-3-2-4-7-20/h2-4,6-7,9-14,16-17H,5,8,15,18H2,1H3/b25-17+. The second-order valence-electron chi connectivity index (χ2n) is 7.89. The van der Waals surface area contributed by atoms with E-state index in [1.807, 2.05) is 48.5 Å². The second kappa shape index (κ2) is 10.9. The largest absolute Gasteiger partial charge is 0.488 e. The SMILES string of the molecule is Cc1ccc(COc2ccc(/C=C3/SC(=O)N(CCCc4ccccc4)C3=O)cc2Br)cc1. The van der Waals surface area contributed by atoms with Crippen molar-refractivity contribution in [1.82, 2.24) is 4.90 Å². The lowest BCUT2D eigenvalue weighted by Crippen LogP contribution is -2.29. The molecule has 3 aromatic carbocycles. The molecule has 1 saturated heterocycles. The van der Waals surface area contributed by atoms with E-state index in [0.29, 0.717) is 18.1 Å². The summed E-state index contributed by atoms with van der Waals surface area (Å²) in [6, 6.07) is 24.0. The number of ether oxygens (including phenoxy) is 1. The molecule has 1 aliphatic heterocycles. The summed E-state index contributed by atoms with van der Waals surface area (Å²) >= 11 is 4.55. The van der Waals surface area contributed by atoms with Gasteiger partial charge in [-0.25, -0.2) is 0 Å². The summed E-state index contributed by atoms with van der Waals surface area (Å²) in [4.78, 5) is 27.0. The minimum atomic E-state index is -0.228. The molecule has 0 radical (unpaired) electrons. The van der Waals surface area contributed by atoms with Gasteiger partial charge in [-0.15, -0.1) is 0 Å². The predicted molar refractivity (Wildman–Crippen MR) is 137 cm³/mol. The number of imide groups is 1. The lowest BCUT2D eigenvalue weighted by Gasteiger charge is -2.12. The Morgan fingerprint density at radius 2 is 1.73 bits per heavy atom. The monoisotopic (exact) mass is 521 g/mol. The minimum Gasteiger partial charge on any atom is -0.488 e. The number of hydrogen-bond acceptors (Lipinski definition) is 4. The van der Waals surface area contributed by atoms with E-state index in [1.165, 1.54) is 16.0 Å². The van der Waals surface area contributed by atoms with Gasteiger partial charge in [0.15, 0.2) is 0 Å². The highest BCUT2D eigenvalue weighted by molar-refractivity contribution is 9.10. The summed E-state index contributed by atoms with van der Waals surface area (Å²) in [5, 5.41) is -0.212. The lowest BCUT2D eigenvalue weighted by atomic mass is 10.1. The van der Waals surface area contributed by atoms with Crippen molar-refractivity contribution in [3.8, 4) is 5.75 Å². The van der Waals surface area contributed by atoms with Gasteiger partial charge in [-0.05, 0) is 82.4 Å². The van der Waals surface area contributed by atoms with Crippen LogP contribution in [0.2, 0.25) is 0 Å². The van der Waals surface area contributed by atoms with Gasteiger partial charge in [0.05, 0.1) is 9.38 Å². The normalized spacial score (nSPS) is 14.8. The molecule has 0 saturated carbocycles. The zero-order valence-corrected chi connectivity index (χ0v) is 20.7. The Kier molecular flexibility index (Phi) is 7.68. The van der Waals surface area contributed by atoms with Crippen LogP contribution in [0.3, 0.4) is 0 Å². The average Bonchev–Trinajstić information content (AvgIpc) is 3.07. The van der Waals surface area contributed by atoms with Crippen molar-refractivity contribution in [1.29, 1.82) is 0 Å². The molecule has 4 rings (SSSR count). The summed E-state index contributed by atoms with van der Waals surface area (Å²) < 4.78 is 6.72. The molecule has 0 aromatic heterocycles. The van der Waals surface area contributed by atoms with E-state index in [-0.39, 0.29) is 11.1 Å². The smallest absolute Gasteiger partial charge is 0.293 e. The molecule has 0 N–H and O–H groups in total. The maximum Gasteiger partial charge on any atom is 0.293 e. The first-order valence-electron chi connectivity index (χ1n) is 10.8. The average molecular weight is 522 g/mol. The van der Waals surface area contributed by atoms with Crippen LogP contribution in [0.4, 0.5) is 4.79 Å². The maximum absolute atomic E-state index is 12.8. The lowest BCUT2D eigenvalue weighted by molar-refractivity contribution is -0.122. The molecule has 3 aromatic rings. The van der Waals surface area contributed by atoms with Gasteiger partial charge in [0.1, 0.15) is 12.4 Å². The Bertz CT molecular complexity index is 1180. The highest BCUT2D eigenvalue weighted by atomic mass is 79.9. The van der Waals surface area contributed by atoms with E-state index in [1.54, 1.807) is 6.08 Å². The number of rotatable bonds is 8. The van der Waals surface area contributed by atoms with Crippen LogP contribution in [0, 0.1) is 6.92 Å². The fourth-order valence-electron chi connectivity index (χ4n) is 3.50. The Labute approximate surface area is 206 Å². The van der Waals surface area contributed by atoms with Crippen LogP contribution in [0.1, 0.15) is 28.7 Å². The van der Waals surface area contributed by atoms with Gasteiger partial charge in [0, 0.05) is 6.54 Å². The van der Waals surface area contributed by atoms with E-state index in [0.717, 1.165) is 46.0 Å². The van der Waals surface area contributed by atoms with Crippen molar-refractivity contribution in [3.05, 3.63) is 104 Å². The van der Waals surface area contributed by atoms with E-state index in [2.05, 4.69) is 47.1 Å². The van der Waals surface area contributed by atoms with Gasteiger partial charge in [-0.3, -0.25) is 14.5 Å². The quantitative estimate of drug-likeness (QED) is 0.299. The molecule has 1 aliphatic rings. The molecule has 0 bridgehead atoms. The van der Waals surface area contributed by atoms with Gasteiger partial charge < -0.3 is 4.74 Å². The minimum absolute atomic E-state index is 0.212. The molecule has 33 heavy (non-hydrogen) atoms. The van der Waals surface area contributed by atoms with Gasteiger partial charge in [0.25, 0.3) is 11.1 Å². The van der Waals surface area contributed by atoms with E-state index >= 15 is 0 Å². The van der Waals surface area contributed by atoms with Crippen molar-refractivity contribution >= 4 is 44.9 Å². The molecule has 1 heterocycles. The molecule has 2 amide bonds. The molecule has 4 nitrogen and oxygen atoms in total. The number of carbonyl (C=O) groups excluding carboxylic acids is 2. The number of benzene rings is 3. The number of aryl methyl sites for hydroxylation is 2. The number of carbonyl (C=O) groups is 2. The summed E-state index contributed by atoms with van der Waals surface area (Å²) in [5.74, 6) is 0.496. The van der Waals surface area contributed by atoms with Gasteiger partial charge in [-0.1, -0.05) is 66.2 Å². The second-order valence-corrected chi connectivity index (χ2v) is 9.73. The fourth-order valence-corrected chi connectivity index (χ4v) is 4.88. The summed E-state index contributed by atoms with van der Waals surface area (Å²) in [7, 11) is 0. The third-order valence-electron chi connectivity index (χ3n) is 5.33. The molecule has 0 spiro atoms. The van der Waals surface area contributed by atoms with E-state index in [9.17, 15) is 9.59 Å². The Morgan fingerprint density at radius 3 is 2.45 bits per heavy atom. The molecule has 0 unspecified atom stereocenters. The van der Waals surface area contributed by atoms with E-state index in [4.69, 9.17) is 4.74 Å². The van der Waals surface area contributed by atoms with Crippen molar-refractivity contribution < 1.29 is 14.3 Å². The fraction of sp³-hybridized carbons (Fsp3) is 0.185. The zero-order valence-electron chi connectivity index (χ0n) is 18.3. The van der Waals surface area contributed by atoms with Crippen LogP contribution in [0.5, 0.6) is 5.75 Å². The number of hydrogen-bond donors (Lipinski definition) is 0. The molecule has 6 heteroatoms. The van der Waals surface area contributed by atoms with Crippen LogP contribution in [0.15, 0.2) is 82.2 Å². The highest BCUT2D eigenvalue weighted by Crippen LogP contribution is 2.34. The molecular formula is C27H24BrNO3S. The first kappa shape index (κ1) is 23.3. The maximum atomic E-state index is 12.8. The van der Waals surface area contributed by atoms with Crippen molar-refractivity contribution in [2.75, 3.05) is 6.54 Å². The Balaban J connectivity index is 1.36. The topological polar surface area (TPSA) is 46.6 Å².